The second-order valence-corrected chi connectivity index (χ2v) is 6.21. The number of para-hydroxylation sites is 1. The van der Waals surface area contributed by atoms with Crippen LogP contribution in [-0.2, 0) is 5.75 Å². The molecule has 2 aromatic carbocycles. The van der Waals surface area contributed by atoms with Gasteiger partial charge in [0.1, 0.15) is 0 Å². The summed E-state index contributed by atoms with van der Waals surface area (Å²) in [5, 5.41) is 4.95. The third-order valence-electron chi connectivity index (χ3n) is 3.53. The predicted octanol–water partition coefficient (Wildman–Crippen LogP) is 4.32. The van der Waals surface area contributed by atoms with Gasteiger partial charge in [0, 0.05) is 29.6 Å². The Hall–Kier alpha value is -2.67. The quantitative estimate of drug-likeness (QED) is 0.562. The van der Waals surface area contributed by atoms with Crippen molar-refractivity contribution in [3.8, 4) is 5.69 Å². The van der Waals surface area contributed by atoms with Gasteiger partial charge < -0.3 is 4.98 Å². The Bertz CT molecular complexity index is 955. The zero-order chi connectivity index (χ0) is 16.5. The molecule has 2 aromatic heterocycles. The van der Waals surface area contributed by atoms with Crippen LogP contribution in [0.5, 0.6) is 0 Å². The number of imidazole rings is 1. The van der Waals surface area contributed by atoms with E-state index in [2.05, 4.69) is 15.1 Å². The zero-order valence-corrected chi connectivity index (χ0v) is 13.2. The first kappa shape index (κ1) is 14.9. The lowest BCUT2D eigenvalue weighted by Gasteiger charge is -1.99. The van der Waals surface area contributed by atoms with Gasteiger partial charge in [-0.15, -0.1) is 0 Å². The molecule has 4 nitrogen and oxygen atoms in total. The molecule has 0 aliphatic rings. The van der Waals surface area contributed by atoms with E-state index in [0.717, 1.165) is 23.4 Å². The minimum atomic E-state index is -0.894. The van der Waals surface area contributed by atoms with Gasteiger partial charge in [0.05, 0.1) is 22.9 Å². The highest BCUT2D eigenvalue weighted by atomic mass is 32.2. The zero-order valence-electron chi connectivity index (χ0n) is 12.4. The Morgan fingerprint density at radius 1 is 1.08 bits per heavy atom. The van der Waals surface area contributed by atoms with Gasteiger partial charge in [-0.3, -0.25) is 0 Å². The number of rotatable bonds is 4. The number of halogens is 2. The van der Waals surface area contributed by atoms with Crippen LogP contribution < -0.4 is 0 Å². The molecule has 0 bridgehead atoms. The molecule has 0 unspecified atom stereocenters. The van der Waals surface area contributed by atoms with E-state index >= 15 is 0 Å². The van der Waals surface area contributed by atoms with Crippen LogP contribution in [0.25, 0.3) is 16.7 Å². The second kappa shape index (κ2) is 6.09. The minimum Gasteiger partial charge on any atom is -0.333 e. The first-order valence-corrected chi connectivity index (χ1v) is 8.24. The maximum Gasteiger partial charge on any atom is 0.166 e. The topological polar surface area (TPSA) is 46.5 Å². The molecular weight excluding hydrogens is 330 g/mol. The lowest BCUT2D eigenvalue weighted by atomic mass is 10.3. The highest BCUT2D eigenvalue weighted by molar-refractivity contribution is 7.98. The molecule has 0 amide bonds. The molecule has 2 heterocycles. The summed E-state index contributed by atoms with van der Waals surface area (Å²) in [7, 11) is 0. The Morgan fingerprint density at radius 2 is 1.88 bits per heavy atom. The van der Waals surface area contributed by atoms with Crippen LogP contribution in [0.3, 0.4) is 0 Å². The first-order chi connectivity index (χ1) is 11.7. The number of aromatic amines is 1. The van der Waals surface area contributed by atoms with Gasteiger partial charge >= 0.3 is 0 Å². The maximum atomic E-state index is 13.2. The molecule has 0 aliphatic heterocycles. The standard InChI is InChI=1S/C17H12F2N4S/c18-13-6-15-16(7-14(13)19)22-17(21-15)24-10-11-8-20-23(9-11)12-4-2-1-3-5-12/h1-9H,10H2,(H,21,22). The number of nitrogens with zero attached hydrogens (tertiary/aromatic N) is 3. The molecule has 0 aliphatic carbocycles. The lowest BCUT2D eigenvalue weighted by Crippen LogP contribution is -1.92. The molecule has 0 spiro atoms. The molecule has 1 N–H and O–H groups in total. The van der Waals surface area contributed by atoms with Crippen LogP contribution in [0.15, 0.2) is 60.0 Å². The predicted molar refractivity (Wildman–Crippen MR) is 89.1 cm³/mol. The van der Waals surface area contributed by atoms with E-state index in [0.29, 0.717) is 21.9 Å². The Morgan fingerprint density at radius 3 is 2.71 bits per heavy atom. The van der Waals surface area contributed by atoms with E-state index in [4.69, 9.17) is 0 Å². The minimum absolute atomic E-state index is 0.413. The summed E-state index contributed by atoms with van der Waals surface area (Å²) in [5.74, 6) is -1.13. The molecule has 4 rings (SSSR count). The molecular formula is C17H12F2N4S. The summed E-state index contributed by atoms with van der Waals surface area (Å²) in [4.78, 5) is 7.26. The largest absolute Gasteiger partial charge is 0.333 e. The van der Waals surface area contributed by atoms with E-state index in [1.807, 2.05) is 36.5 Å². The van der Waals surface area contributed by atoms with E-state index in [1.54, 1.807) is 10.9 Å². The molecule has 7 heteroatoms. The fourth-order valence-corrected chi connectivity index (χ4v) is 3.16. The summed E-state index contributed by atoms with van der Waals surface area (Å²) in [5.41, 5.74) is 2.91. The highest BCUT2D eigenvalue weighted by Gasteiger charge is 2.09. The van der Waals surface area contributed by atoms with Crippen LogP contribution >= 0.6 is 11.8 Å². The van der Waals surface area contributed by atoms with Crippen molar-refractivity contribution in [3.63, 3.8) is 0 Å². The van der Waals surface area contributed by atoms with Crippen LogP contribution in [-0.4, -0.2) is 19.7 Å². The summed E-state index contributed by atoms with van der Waals surface area (Å²) < 4.78 is 28.3. The summed E-state index contributed by atoms with van der Waals surface area (Å²) in [6, 6.07) is 12.0. The van der Waals surface area contributed by atoms with Crippen molar-refractivity contribution in [2.75, 3.05) is 0 Å². The number of hydrogen-bond donors (Lipinski definition) is 1. The number of aromatic nitrogens is 4. The van der Waals surface area contributed by atoms with Gasteiger partial charge in [-0.05, 0) is 12.1 Å². The summed E-state index contributed by atoms with van der Waals surface area (Å²) in [6.45, 7) is 0. The van der Waals surface area contributed by atoms with E-state index < -0.39 is 11.6 Å². The Balaban J connectivity index is 1.50. The van der Waals surface area contributed by atoms with Gasteiger partial charge in [0.2, 0.25) is 0 Å². The van der Waals surface area contributed by atoms with Crippen molar-refractivity contribution < 1.29 is 8.78 Å². The van der Waals surface area contributed by atoms with Gasteiger partial charge in [0.25, 0.3) is 0 Å². The molecule has 0 radical (unpaired) electrons. The normalized spacial score (nSPS) is 11.2. The van der Waals surface area contributed by atoms with E-state index in [9.17, 15) is 8.78 Å². The van der Waals surface area contributed by atoms with Crippen LogP contribution in [0, 0.1) is 11.6 Å². The van der Waals surface area contributed by atoms with Crippen LogP contribution in [0.2, 0.25) is 0 Å². The van der Waals surface area contributed by atoms with Crippen molar-refractivity contribution in [1.29, 1.82) is 0 Å². The summed E-state index contributed by atoms with van der Waals surface area (Å²) in [6.07, 6.45) is 3.74. The van der Waals surface area contributed by atoms with Crippen molar-refractivity contribution >= 4 is 22.8 Å². The lowest BCUT2D eigenvalue weighted by molar-refractivity contribution is 0.510. The molecule has 0 atom stereocenters. The number of nitrogens with one attached hydrogen (secondary N) is 1. The van der Waals surface area contributed by atoms with Crippen molar-refractivity contribution in [1.82, 2.24) is 19.7 Å². The van der Waals surface area contributed by atoms with E-state index in [-0.39, 0.29) is 0 Å². The van der Waals surface area contributed by atoms with Crippen LogP contribution in [0.4, 0.5) is 8.78 Å². The third-order valence-corrected chi connectivity index (χ3v) is 4.48. The molecule has 0 saturated heterocycles. The van der Waals surface area contributed by atoms with Gasteiger partial charge in [-0.25, -0.2) is 18.4 Å². The fraction of sp³-hybridized carbons (Fsp3) is 0.0588. The van der Waals surface area contributed by atoms with Crippen molar-refractivity contribution in [2.24, 2.45) is 0 Å². The number of benzene rings is 2. The molecule has 0 saturated carbocycles. The van der Waals surface area contributed by atoms with Crippen molar-refractivity contribution in [3.05, 3.63) is 72.1 Å². The second-order valence-electron chi connectivity index (χ2n) is 5.24. The smallest absolute Gasteiger partial charge is 0.166 e. The highest BCUT2D eigenvalue weighted by Crippen LogP contribution is 2.24. The van der Waals surface area contributed by atoms with Gasteiger partial charge in [-0.1, -0.05) is 30.0 Å². The SMILES string of the molecule is Fc1cc2nc(SCc3cnn(-c4ccccc4)c3)[nH]c2cc1F. The number of thioether (sulfide) groups is 1. The van der Waals surface area contributed by atoms with E-state index in [1.165, 1.54) is 11.8 Å². The average molecular weight is 342 g/mol. The third kappa shape index (κ3) is 2.90. The molecule has 0 fully saturated rings. The monoisotopic (exact) mass is 342 g/mol. The number of hydrogen-bond acceptors (Lipinski definition) is 3. The molecule has 120 valence electrons. The average Bonchev–Trinajstić information content (AvgIpc) is 3.21. The summed E-state index contributed by atoms with van der Waals surface area (Å²) >= 11 is 1.45. The molecule has 24 heavy (non-hydrogen) atoms. The van der Waals surface area contributed by atoms with Crippen molar-refractivity contribution in [2.45, 2.75) is 10.9 Å². The number of fused-ring (bicyclic) bond motifs is 1. The Kier molecular flexibility index (Phi) is 3.78. The Labute approximate surface area is 140 Å². The fourth-order valence-electron chi connectivity index (χ4n) is 2.36. The maximum absolute atomic E-state index is 13.2. The van der Waals surface area contributed by atoms with Gasteiger partial charge in [0.15, 0.2) is 16.8 Å². The molecule has 4 aromatic rings. The number of H-pyrrole nitrogens is 1. The van der Waals surface area contributed by atoms with Crippen LogP contribution in [0.1, 0.15) is 5.56 Å². The first-order valence-electron chi connectivity index (χ1n) is 7.25. The van der Waals surface area contributed by atoms with Gasteiger partial charge in [-0.2, -0.15) is 5.10 Å².